The molecule has 0 aliphatic heterocycles. The molecule has 2 rings (SSSR count). The molecule has 116 valence electrons. The fourth-order valence-corrected chi connectivity index (χ4v) is 2.04. The Kier molecular flexibility index (Phi) is 6.10. The van der Waals surface area contributed by atoms with Crippen molar-refractivity contribution in [2.75, 3.05) is 25.0 Å². The van der Waals surface area contributed by atoms with Crippen molar-refractivity contribution < 1.29 is 9.53 Å². The van der Waals surface area contributed by atoms with Crippen LogP contribution < -0.4 is 15.4 Å². The number of carbonyl (C=O) groups is 1. The van der Waals surface area contributed by atoms with Crippen LogP contribution in [0.3, 0.4) is 0 Å². The zero-order valence-electron chi connectivity index (χ0n) is 12.4. The first-order valence-electron chi connectivity index (χ1n) is 7.10. The average molecular weight is 319 g/mol. The zero-order chi connectivity index (χ0) is 15.8. The number of ether oxygens (including phenoxy) is 1. The molecule has 0 aromatic heterocycles. The van der Waals surface area contributed by atoms with Gasteiger partial charge in [-0.2, -0.15) is 0 Å². The predicted molar refractivity (Wildman–Crippen MR) is 89.6 cm³/mol. The first-order chi connectivity index (χ1) is 10.6. The highest BCUT2D eigenvalue weighted by Gasteiger charge is 2.03. The second kappa shape index (κ2) is 8.29. The zero-order valence-corrected chi connectivity index (χ0v) is 13.2. The van der Waals surface area contributed by atoms with Crippen molar-refractivity contribution in [1.29, 1.82) is 0 Å². The summed E-state index contributed by atoms with van der Waals surface area (Å²) in [5.74, 6) is 0.696. The van der Waals surface area contributed by atoms with Crippen molar-refractivity contribution in [2.45, 2.75) is 6.92 Å². The molecule has 0 heterocycles. The molecular formula is C17H19ClN2O2. The maximum Gasteiger partial charge on any atom is 0.239 e. The Morgan fingerprint density at radius 2 is 1.86 bits per heavy atom. The van der Waals surface area contributed by atoms with Crippen molar-refractivity contribution in [2.24, 2.45) is 0 Å². The van der Waals surface area contributed by atoms with Gasteiger partial charge in [0, 0.05) is 0 Å². The van der Waals surface area contributed by atoms with Gasteiger partial charge in [-0.1, -0.05) is 41.4 Å². The molecule has 0 spiro atoms. The highest BCUT2D eigenvalue weighted by Crippen LogP contribution is 2.19. The molecule has 2 aromatic carbocycles. The number of rotatable bonds is 7. The Morgan fingerprint density at radius 3 is 2.59 bits per heavy atom. The van der Waals surface area contributed by atoms with E-state index in [1.165, 1.54) is 5.56 Å². The number of amides is 1. The number of anilines is 1. The molecule has 1 amide bonds. The van der Waals surface area contributed by atoms with E-state index in [1.807, 2.05) is 49.4 Å². The van der Waals surface area contributed by atoms with Gasteiger partial charge in [0.1, 0.15) is 12.4 Å². The van der Waals surface area contributed by atoms with Crippen LogP contribution in [0.5, 0.6) is 5.75 Å². The lowest BCUT2D eigenvalue weighted by Gasteiger charge is -2.10. The fourth-order valence-electron chi connectivity index (χ4n) is 1.84. The molecule has 5 heteroatoms. The lowest BCUT2D eigenvalue weighted by Crippen LogP contribution is -2.33. The van der Waals surface area contributed by atoms with E-state index in [1.54, 1.807) is 6.07 Å². The smallest absolute Gasteiger partial charge is 0.239 e. The molecule has 2 aromatic rings. The van der Waals surface area contributed by atoms with Crippen LogP contribution in [0, 0.1) is 6.92 Å². The van der Waals surface area contributed by atoms with Gasteiger partial charge >= 0.3 is 0 Å². The number of aryl methyl sites for hydroxylation is 1. The molecule has 0 bridgehead atoms. The Morgan fingerprint density at radius 1 is 1.14 bits per heavy atom. The van der Waals surface area contributed by atoms with E-state index < -0.39 is 0 Å². The van der Waals surface area contributed by atoms with Crippen molar-refractivity contribution >= 4 is 23.2 Å². The Balaban J connectivity index is 1.64. The fraction of sp³-hybridized carbons (Fsp3) is 0.235. The molecule has 22 heavy (non-hydrogen) atoms. The van der Waals surface area contributed by atoms with Crippen molar-refractivity contribution in [1.82, 2.24) is 5.32 Å². The topological polar surface area (TPSA) is 50.4 Å². The highest BCUT2D eigenvalue weighted by molar-refractivity contribution is 6.33. The van der Waals surface area contributed by atoms with E-state index in [4.69, 9.17) is 16.3 Å². The first-order valence-corrected chi connectivity index (χ1v) is 7.47. The van der Waals surface area contributed by atoms with E-state index in [2.05, 4.69) is 10.6 Å². The molecule has 4 nitrogen and oxygen atoms in total. The van der Waals surface area contributed by atoms with Crippen molar-refractivity contribution in [3.05, 3.63) is 59.1 Å². The number of halogens is 1. The van der Waals surface area contributed by atoms with Gasteiger partial charge < -0.3 is 15.4 Å². The van der Waals surface area contributed by atoms with Gasteiger partial charge in [0.25, 0.3) is 0 Å². The second-order valence-corrected chi connectivity index (χ2v) is 5.25. The van der Waals surface area contributed by atoms with Gasteiger partial charge in [-0.15, -0.1) is 0 Å². The lowest BCUT2D eigenvalue weighted by atomic mass is 10.2. The summed E-state index contributed by atoms with van der Waals surface area (Å²) in [7, 11) is 0. The number of nitrogens with one attached hydrogen (secondary N) is 2. The van der Waals surface area contributed by atoms with Crippen LogP contribution in [0.1, 0.15) is 5.56 Å². The molecule has 0 radical (unpaired) electrons. The van der Waals surface area contributed by atoms with E-state index in [0.29, 0.717) is 18.2 Å². The summed E-state index contributed by atoms with van der Waals surface area (Å²) in [6.07, 6.45) is 0. The molecule has 0 unspecified atom stereocenters. The Hall–Kier alpha value is -2.20. The monoisotopic (exact) mass is 318 g/mol. The van der Waals surface area contributed by atoms with E-state index in [9.17, 15) is 4.79 Å². The average Bonchev–Trinajstić information content (AvgIpc) is 2.52. The van der Waals surface area contributed by atoms with Crippen molar-refractivity contribution in [3.63, 3.8) is 0 Å². The third kappa shape index (κ3) is 5.30. The second-order valence-electron chi connectivity index (χ2n) is 4.84. The summed E-state index contributed by atoms with van der Waals surface area (Å²) in [4.78, 5) is 11.7. The quantitative estimate of drug-likeness (QED) is 0.770. The van der Waals surface area contributed by atoms with Gasteiger partial charge in [0.05, 0.1) is 23.8 Å². The molecule has 0 aliphatic rings. The minimum absolute atomic E-state index is 0.104. The van der Waals surface area contributed by atoms with Gasteiger partial charge in [-0.05, 0) is 31.2 Å². The summed E-state index contributed by atoms with van der Waals surface area (Å²) in [6.45, 7) is 3.09. The SMILES string of the molecule is Cc1ccc(OCCNC(=O)CNc2ccccc2Cl)cc1. The molecule has 0 saturated heterocycles. The summed E-state index contributed by atoms with van der Waals surface area (Å²) in [5, 5.41) is 6.37. The van der Waals surface area contributed by atoms with Crippen molar-refractivity contribution in [3.8, 4) is 5.75 Å². The van der Waals surface area contributed by atoms with Gasteiger partial charge in [0.15, 0.2) is 0 Å². The van der Waals surface area contributed by atoms with Gasteiger partial charge in [-0.3, -0.25) is 4.79 Å². The number of benzene rings is 2. The van der Waals surface area contributed by atoms with Crippen LogP contribution in [-0.4, -0.2) is 25.6 Å². The minimum Gasteiger partial charge on any atom is -0.492 e. The molecule has 0 atom stereocenters. The maximum absolute atomic E-state index is 11.7. The van der Waals surface area contributed by atoms with E-state index >= 15 is 0 Å². The van der Waals surface area contributed by atoms with Crippen LogP contribution in [0.25, 0.3) is 0 Å². The summed E-state index contributed by atoms with van der Waals surface area (Å²) >= 11 is 6.00. The molecule has 0 fully saturated rings. The third-order valence-electron chi connectivity index (χ3n) is 3.03. The molecule has 2 N–H and O–H groups in total. The highest BCUT2D eigenvalue weighted by atomic mass is 35.5. The molecular weight excluding hydrogens is 300 g/mol. The number of hydrogen-bond donors (Lipinski definition) is 2. The van der Waals surface area contributed by atoms with E-state index in [-0.39, 0.29) is 12.5 Å². The van der Waals surface area contributed by atoms with Gasteiger partial charge in [0.2, 0.25) is 5.91 Å². The van der Waals surface area contributed by atoms with Crippen LogP contribution in [0.4, 0.5) is 5.69 Å². The van der Waals surface area contributed by atoms with Crippen LogP contribution in [0.15, 0.2) is 48.5 Å². The number of para-hydroxylation sites is 1. The van der Waals surface area contributed by atoms with Gasteiger partial charge in [-0.25, -0.2) is 0 Å². The summed E-state index contributed by atoms with van der Waals surface area (Å²) in [6, 6.07) is 15.1. The Labute approximate surface area is 135 Å². The normalized spacial score (nSPS) is 10.1. The maximum atomic E-state index is 11.7. The predicted octanol–water partition coefficient (Wildman–Crippen LogP) is 3.26. The van der Waals surface area contributed by atoms with Crippen LogP contribution >= 0.6 is 11.6 Å². The first kappa shape index (κ1) is 16.2. The lowest BCUT2D eigenvalue weighted by molar-refractivity contribution is -0.119. The molecule has 0 aliphatic carbocycles. The van der Waals surface area contributed by atoms with Crippen LogP contribution in [-0.2, 0) is 4.79 Å². The number of carbonyl (C=O) groups excluding carboxylic acids is 1. The number of hydrogen-bond acceptors (Lipinski definition) is 3. The summed E-state index contributed by atoms with van der Waals surface area (Å²) in [5.41, 5.74) is 1.93. The Bertz CT molecular complexity index is 614. The molecule has 0 saturated carbocycles. The standard InChI is InChI=1S/C17H19ClN2O2/c1-13-6-8-14(9-7-13)22-11-10-19-17(21)12-20-16-5-3-2-4-15(16)18/h2-9,20H,10-12H2,1H3,(H,19,21). The summed E-state index contributed by atoms with van der Waals surface area (Å²) < 4.78 is 5.54. The largest absolute Gasteiger partial charge is 0.492 e. The van der Waals surface area contributed by atoms with Crippen LogP contribution in [0.2, 0.25) is 5.02 Å². The third-order valence-corrected chi connectivity index (χ3v) is 3.36. The minimum atomic E-state index is -0.104. The van der Waals surface area contributed by atoms with E-state index in [0.717, 1.165) is 11.4 Å².